The lowest BCUT2D eigenvalue weighted by molar-refractivity contribution is 0.0888. The van der Waals surface area contributed by atoms with Crippen LogP contribution in [-0.2, 0) is 16.0 Å². The van der Waals surface area contributed by atoms with Gasteiger partial charge in [0.05, 0.1) is 13.2 Å². The Kier molecular flexibility index (Phi) is 11.7. The molecule has 154 valence electrons. The lowest BCUT2D eigenvalue weighted by Crippen LogP contribution is -2.37. The number of hydrogen-bond donors (Lipinski definition) is 2. The van der Waals surface area contributed by atoms with Crippen molar-refractivity contribution in [2.24, 2.45) is 10.9 Å². The van der Waals surface area contributed by atoms with Crippen LogP contribution in [0.2, 0.25) is 0 Å². The Balaban J connectivity index is 0.00000364. The molecule has 2 rings (SSSR count). The van der Waals surface area contributed by atoms with Crippen LogP contribution in [0, 0.1) is 12.8 Å². The van der Waals surface area contributed by atoms with E-state index in [1.807, 2.05) is 0 Å². The van der Waals surface area contributed by atoms with Crippen LogP contribution in [0.3, 0.4) is 0 Å². The second-order valence-electron chi connectivity index (χ2n) is 7.02. The van der Waals surface area contributed by atoms with Crippen molar-refractivity contribution >= 4 is 35.6 Å². The third kappa shape index (κ3) is 8.66. The zero-order valence-electron chi connectivity index (χ0n) is 17.1. The molecule has 2 N–H and O–H groups in total. The van der Waals surface area contributed by atoms with Crippen molar-refractivity contribution in [2.75, 3.05) is 59.0 Å². The van der Waals surface area contributed by atoms with E-state index in [4.69, 9.17) is 9.47 Å². The first-order chi connectivity index (χ1) is 12.6. The maximum Gasteiger partial charge on any atom is 0.191 e. The Morgan fingerprint density at radius 3 is 2.78 bits per heavy atom. The molecule has 0 aliphatic carbocycles. The molecule has 1 atom stereocenters. The molecule has 6 nitrogen and oxygen atoms in total. The zero-order valence-corrected chi connectivity index (χ0v) is 19.4. The second-order valence-corrected chi connectivity index (χ2v) is 7.02. The smallest absolute Gasteiger partial charge is 0.191 e. The molecule has 0 radical (unpaired) electrons. The van der Waals surface area contributed by atoms with Crippen molar-refractivity contribution in [3.8, 4) is 0 Å². The molecule has 1 aromatic rings. The van der Waals surface area contributed by atoms with Gasteiger partial charge in [0.1, 0.15) is 0 Å². The van der Waals surface area contributed by atoms with Crippen LogP contribution in [0.25, 0.3) is 0 Å². The highest BCUT2D eigenvalue weighted by Crippen LogP contribution is 2.17. The summed E-state index contributed by atoms with van der Waals surface area (Å²) in [5, 5.41) is 6.72. The van der Waals surface area contributed by atoms with Crippen LogP contribution in [0.5, 0.6) is 0 Å². The van der Waals surface area contributed by atoms with E-state index < -0.39 is 0 Å². The first-order valence-corrected chi connectivity index (χ1v) is 9.47. The van der Waals surface area contributed by atoms with Crippen LogP contribution >= 0.6 is 24.0 Å². The summed E-state index contributed by atoms with van der Waals surface area (Å²) in [5.41, 5.74) is 3.78. The molecule has 0 aromatic heterocycles. The number of anilines is 1. The number of guanidine groups is 1. The normalized spacial score (nSPS) is 16.7. The third-order valence-electron chi connectivity index (χ3n) is 4.65. The number of nitrogens with zero attached hydrogens (tertiary/aromatic N) is 2. The number of nitrogens with one attached hydrogen (secondary N) is 2. The topological polar surface area (TPSA) is 58.1 Å². The van der Waals surface area contributed by atoms with Crippen LogP contribution in [0.4, 0.5) is 5.69 Å². The molecule has 0 saturated carbocycles. The van der Waals surface area contributed by atoms with E-state index in [0.29, 0.717) is 5.92 Å². The van der Waals surface area contributed by atoms with Gasteiger partial charge in [0.15, 0.2) is 5.96 Å². The van der Waals surface area contributed by atoms with Crippen molar-refractivity contribution in [1.82, 2.24) is 10.6 Å². The molecule has 1 aliphatic heterocycles. The Bertz CT molecular complexity index is 575. The van der Waals surface area contributed by atoms with Gasteiger partial charge in [-0.2, -0.15) is 0 Å². The van der Waals surface area contributed by atoms with Gasteiger partial charge in [0.25, 0.3) is 0 Å². The van der Waals surface area contributed by atoms with Crippen molar-refractivity contribution in [2.45, 2.75) is 26.3 Å². The molecule has 7 heteroatoms. The summed E-state index contributed by atoms with van der Waals surface area (Å²) in [5.74, 6) is 1.41. The van der Waals surface area contributed by atoms with E-state index in [1.165, 1.54) is 16.8 Å². The van der Waals surface area contributed by atoms with E-state index in [0.717, 1.165) is 58.3 Å². The van der Waals surface area contributed by atoms with E-state index >= 15 is 0 Å². The van der Waals surface area contributed by atoms with Gasteiger partial charge >= 0.3 is 0 Å². The van der Waals surface area contributed by atoms with Gasteiger partial charge in [-0.15, -0.1) is 24.0 Å². The Labute approximate surface area is 181 Å². The van der Waals surface area contributed by atoms with Gasteiger partial charge in [-0.25, -0.2) is 0 Å². The summed E-state index contributed by atoms with van der Waals surface area (Å²) in [6.45, 7) is 7.07. The largest absolute Gasteiger partial charge is 0.381 e. The van der Waals surface area contributed by atoms with Gasteiger partial charge in [0, 0.05) is 59.1 Å². The first-order valence-electron chi connectivity index (χ1n) is 9.47. The molecule has 0 bridgehead atoms. The number of benzene rings is 1. The predicted octanol–water partition coefficient (Wildman–Crippen LogP) is 2.79. The minimum Gasteiger partial charge on any atom is -0.381 e. The molecule has 1 heterocycles. The van der Waals surface area contributed by atoms with Gasteiger partial charge < -0.3 is 25.0 Å². The van der Waals surface area contributed by atoms with Gasteiger partial charge in [-0.1, -0.05) is 6.07 Å². The number of aryl methyl sites for hydroxylation is 1. The van der Waals surface area contributed by atoms with Crippen LogP contribution in [0.1, 0.15) is 24.0 Å². The highest BCUT2D eigenvalue weighted by Gasteiger charge is 2.15. The van der Waals surface area contributed by atoms with Gasteiger partial charge in [-0.05, 0) is 43.0 Å². The summed E-state index contributed by atoms with van der Waals surface area (Å²) in [7, 11) is 5.92. The van der Waals surface area contributed by atoms with E-state index in [9.17, 15) is 0 Å². The number of hydrogen-bond acceptors (Lipinski definition) is 4. The van der Waals surface area contributed by atoms with Crippen LogP contribution in [-0.4, -0.2) is 60.1 Å². The molecule has 1 unspecified atom stereocenters. The lowest BCUT2D eigenvalue weighted by atomic mass is 10.1. The van der Waals surface area contributed by atoms with Gasteiger partial charge in [0.2, 0.25) is 0 Å². The fourth-order valence-electron chi connectivity index (χ4n) is 2.90. The number of aliphatic imine (C=N–C) groups is 1. The average Bonchev–Trinajstić information content (AvgIpc) is 3.14. The third-order valence-corrected chi connectivity index (χ3v) is 4.65. The maximum atomic E-state index is 5.72. The average molecular weight is 490 g/mol. The minimum absolute atomic E-state index is 0. The Hall–Kier alpha value is -1.06. The lowest BCUT2D eigenvalue weighted by Gasteiger charge is -2.16. The number of rotatable bonds is 9. The molecule has 1 aliphatic rings. The maximum absolute atomic E-state index is 5.72. The van der Waals surface area contributed by atoms with Crippen LogP contribution in [0.15, 0.2) is 23.2 Å². The van der Waals surface area contributed by atoms with Crippen molar-refractivity contribution in [3.05, 3.63) is 29.3 Å². The molecule has 1 saturated heterocycles. The fourth-order valence-corrected chi connectivity index (χ4v) is 2.90. The summed E-state index contributed by atoms with van der Waals surface area (Å²) < 4.78 is 11.1. The SMILES string of the molecule is CN=C(NCCCOCC1CCOC1)NCc1ccc(N(C)C)cc1C.I. The highest BCUT2D eigenvalue weighted by molar-refractivity contribution is 14.0. The second kappa shape index (κ2) is 13.2. The number of halogens is 1. The van der Waals surface area contributed by atoms with Crippen molar-refractivity contribution in [3.63, 3.8) is 0 Å². The van der Waals surface area contributed by atoms with E-state index in [-0.39, 0.29) is 24.0 Å². The highest BCUT2D eigenvalue weighted by atomic mass is 127. The first kappa shape index (κ1) is 24.0. The Morgan fingerprint density at radius 2 is 2.15 bits per heavy atom. The molecular weight excluding hydrogens is 455 g/mol. The molecule has 1 fully saturated rings. The van der Waals surface area contributed by atoms with E-state index in [1.54, 1.807) is 7.05 Å². The minimum atomic E-state index is 0. The summed E-state index contributed by atoms with van der Waals surface area (Å²) in [6, 6.07) is 6.53. The molecule has 27 heavy (non-hydrogen) atoms. The predicted molar refractivity (Wildman–Crippen MR) is 123 cm³/mol. The summed E-state index contributed by atoms with van der Waals surface area (Å²) in [6.07, 6.45) is 2.09. The standard InChI is InChI=1S/C20H34N4O2.HI/c1-16-12-19(24(3)4)7-6-18(16)13-23-20(21-2)22-9-5-10-25-14-17-8-11-26-15-17;/h6-7,12,17H,5,8-11,13-15H2,1-4H3,(H2,21,22,23);1H. The molecule has 0 spiro atoms. The van der Waals surface area contributed by atoms with Gasteiger partial charge in [-0.3, -0.25) is 4.99 Å². The van der Waals surface area contributed by atoms with Crippen LogP contribution < -0.4 is 15.5 Å². The quantitative estimate of drug-likeness (QED) is 0.241. The molecule has 0 amide bonds. The number of ether oxygens (including phenoxy) is 2. The zero-order chi connectivity index (χ0) is 18.8. The van der Waals surface area contributed by atoms with E-state index in [2.05, 4.69) is 59.7 Å². The summed E-state index contributed by atoms with van der Waals surface area (Å²) >= 11 is 0. The monoisotopic (exact) mass is 490 g/mol. The summed E-state index contributed by atoms with van der Waals surface area (Å²) in [4.78, 5) is 6.41. The molecular formula is C20H35IN4O2. The fraction of sp³-hybridized carbons (Fsp3) is 0.650. The van der Waals surface area contributed by atoms with Crippen molar-refractivity contribution < 1.29 is 9.47 Å². The van der Waals surface area contributed by atoms with Crippen molar-refractivity contribution in [1.29, 1.82) is 0 Å². The Morgan fingerprint density at radius 1 is 1.33 bits per heavy atom. The molecule has 1 aromatic carbocycles.